The van der Waals surface area contributed by atoms with Crippen LogP contribution in [0.25, 0.3) is 0 Å². The molecule has 1 aromatic carbocycles. The van der Waals surface area contributed by atoms with Crippen LogP contribution in [0.5, 0.6) is 5.75 Å². The molecule has 0 aliphatic carbocycles. The first kappa shape index (κ1) is 16.9. The van der Waals surface area contributed by atoms with Crippen LogP contribution in [-0.4, -0.2) is 30.8 Å². The second-order valence-corrected chi connectivity index (χ2v) is 5.27. The Morgan fingerprint density at radius 1 is 1.30 bits per heavy atom. The summed E-state index contributed by atoms with van der Waals surface area (Å²) in [6.45, 7) is 0.574. The number of carbonyl (C=O) groups is 1. The number of nitrogens with one attached hydrogen (secondary N) is 1. The van der Waals surface area contributed by atoms with E-state index in [1.165, 1.54) is 12.1 Å². The predicted octanol–water partition coefficient (Wildman–Crippen LogP) is 2.64. The van der Waals surface area contributed by atoms with Crippen molar-refractivity contribution in [2.24, 2.45) is 0 Å². The number of unbranched alkanes of at least 4 members (excludes halogenated alkanes) is 3. The number of aliphatic hydroxyl groups excluding tert-OH is 1. The van der Waals surface area contributed by atoms with Crippen LogP contribution in [0, 0.1) is 5.82 Å². The van der Waals surface area contributed by atoms with Gasteiger partial charge < -0.3 is 15.2 Å². The minimum atomic E-state index is -0.504. The third-order valence-electron chi connectivity index (χ3n) is 2.66. The first-order chi connectivity index (χ1) is 9.63. The molecule has 0 aromatic heterocycles. The van der Waals surface area contributed by atoms with Crippen molar-refractivity contribution in [3.63, 3.8) is 0 Å². The fourth-order valence-corrected chi connectivity index (χ4v) is 1.94. The standard InChI is InChI=1S/C14H19BrFNO3/c15-11-5-6-13(12(16)9-11)20-10-14(19)17-7-3-1-2-4-8-18/h5-6,9,18H,1-4,7-8,10H2,(H,17,19). The molecule has 0 bridgehead atoms. The summed E-state index contributed by atoms with van der Waals surface area (Å²) in [5.74, 6) is -0.711. The van der Waals surface area contributed by atoms with Gasteiger partial charge in [0.25, 0.3) is 5.91 Å². The highest BCUT2D eigenvalue weighted by atomic mass is 79.9. The van der Waals surface area contributed by atoms with E-state index in [1.807, 2.05) is 0 Å². The molecule has 0 spiro atoms. The number of hydrogen-bond acceptors (Lipinski definition) is 3. The van der Waals surface area contributed by atoms with Crippen LogP contribution in [0.3, 0.4) is 0 Å². The Kier molecular flexibility index (Phi) is 8.22. The lowest BCUT2D eigenvalue weighted by molar-refractivity contribution is -0.123. The predicted molar refractivity (Wildman–Crippen MR) is 78.2 cm³/mol. The summed E-state index contributed by atoms with van der Waals surface area (Å²) in [4.78, 5) is 11.5. The number of amides is 1. The molecule has 0 unspecified atom stereocenters. The van der Waals surface area contributed by atoms with Gasteiger partial charge in [-0.05, 0) is 31.0 Å². The van der Waals surface area contributed by atoms with E-state index >= 15 is 0 Å². The Hall–Kier alpha value is -1.14. The summed E-state index contributed by atoms with van der Waals surface area (Å²) in [6.07, 6.45) is 3.56. The lowest BCUT2D eigenvalue weighted by atomic mass is 10.2. The lowest BCUT2D eigenvalue weighted by Gasteiger charge is -2.08. The molecule has 0 aliphatic heterocycles. The molecular formula is C14H19BrFNO3. The molecular weight excluding hydrogens is 329 g/mol. The number of ether oxygens (including phenoxy) is 1. The van der Waals surface area contributed by atoms with Crippen LogP contribution in [-0.2, 0) is 4.79 Å². The summed E-state index contributed by atoms with van der Waals surface area (Å²) in [5, 5.41) is 11.3. The van der Waals surface area contributed by atoms with Gasteiger partial charge in [-0.1, -0.05) is 28.8 Å². The molecule has 0 fully saturated rings. The first-order valence-electron chi connectivity index (χ1n) is 6.59. The summed E-state index contributed by atoms with van der Waals surface area (Å²) in [5.41, 5.74) is 0. The second kappa shape index (κ2) is 9.72. The van der Waals surface area contributed by atoms with E-state index in [-0.39, 0.29) is 24.9 Å². The van der Waals surface area contributed by atoms with Gasteiger partial charge in [0.05, 0.1) is 0 Å². The van der Waals surface area contributed by atoms with Gasteiger partial charge in [-0.25, -0.2) is 4.39 Å². The third kappa shape index (κ3) is 6.86. The quantitative estimate of drug-likeness (QED) is 0.675. The molecule has 0 radical (unpaired) electrons. The molecule has 6 heteroatoms. The highest BCUT2D eigenvalue weighted by Crippen LogP contribution is 2.21. The van der Waals surface area contributed by atoms with E-state index in [9.17, 15) is 9.18 Å². The number of rotatable bonds is 9. The Balaban J connectivity index is 2.16. The maximum absolute atomic E-state index is 13.4. The van der Waals surface area contributed by atoms with Crippen LogP contribution in [0.4, 0.5) is 4.39 Å². The number of halogens is 2. The van der Waals surface area contributed by atoms with Gasteiger partial charge in [0, 0.05) is 17.6 Å². The molecule has 0 aliphatic rings. The lowest BCUT2D eigenvalue weighted by Crippen LogP contribution is -2.29. The zero-order valence-electron chi connectivity index (χ0n) is 11.2. The molecule has 0 saturated heterocycles. The van der Waals surface area contributed by atoms with E-state index in [4.69, 9.17) is 9.84 Å². The van der Waals surface area contributed by atoms with E-state index in [0.29, 0.717) is 11.0 Å². The van der Waals surface area contributed by atoms with Crippen LogP contribution in [0.15, 0.2) is 22.7 Å². The number of hydrogen-bond donors (Lipinski definition) is 2. The number of benzene rings is 1. The highest BCUT2D eigenvalue weighted by molar-refractivity contribution is 9.10. The van der Waals surface area contributed by atoms with Crippen molar-refractivity contribution in [1.82, 2.24) is 5.32 Å². The maximum atomic E-state index is 13.4. The average molecular weight is 348 g/mol. The Morgan fingerprint density at radius 3 is 2.75 bits per heavy atom. The Labute approximate surface area is 126 Å². The van der Waals surface area contributed by atoms with Crippen LogP contribution in [0.2, 0.25) is 0 Å². The van der Waals surface area contributed by atoms with E-state index in [1.54, 1.807) is 6.07 Å². The second-order valence-electron chi connectivity index (χ2n) is 4.35. The van der Waals surface area contributed by atoms with Gasteiger partial charge in [-0.15, -0.1) is 0 Å². The highest BCUT2D eigenvalue weighted by Gasteiger charge is 2.06. The Bertz CT molecular complexity index is 429. The number of carbonyl (C=O) groups excluding carboxylic acids is 1. The largest absolute Gasteiger partial charge is 0.481 e. The fourth-order valence-electron chi connectivity index (χ4n) is 1.60. The van der Waals surface area contributed by atoms with Gasteiger partial charge in [0.1, 0.15) is 0 Å². The fraction of sp³-hybridized carbons (Fsp3) is 0.500. The monoisotopic (exact) mass is 347 g/mol. The zero-order valence-corrected chi connectivity index (χ0v) is 12.8. The molecule has 0 atom stereocenters. The minimum Gasteiger partial charge on any atom is -0.481 e. The van der Waals surface area contributed by atoms with Crippen LogP contribution >= 0.6 is 15.9 Å². The summed E-state index contributed by atoms with van der Waals surface area (Å²) < 4.78 is 19.1. The normalized spacial score (nSPS) is 10.3. The average Bonchev–Trinajstić information content (AvgIpc) is 2.41. The summed E-state index contributed by atoms with van der Waals surface area (Å²) >= 11 is 3.15. The number of aliphatic hydroxyl groups is 1. The van der Waals surface area contributed by atoms with E-state index in [2.05, 4.69) is 21.2 Å². The van der Waals surface area contributed by atoms with Crippen molar-refractivity contribution in [3.8, 4) is 5.75 Å². The van der Waals surface area contributed by atoms with Gasteiger partial charge in [-0.3, -0.25) is 4.79 Å². The van der Waals surface area contributed by atoms with E-state index < -0.39 is 5.82 Å². The minimum absolute atomic E-state index is 0.0614. The molecule has 1 aromatic rings. The van der Waals surface area contributed by atoms with E-state index in [0.717, 1.165) is 25.7 Å². The van der Waals surface area contributed by atoms with Crippen LogP contribution in [0.1, 0.15) is 25.7 Å². The molecule has 0 saturated carbocycles. The van der Waals surface area contributed by atoms with Crippen molar-refractivity contribution in [1.29, 1.82) is 0 Å². The van der Waals surface area contributed by atoms with Crippen LogP contribution < -0.4 is 10.1 Å². The van der Waals surface area contributed by atoms with Crippen molar-refractivity contribution in [2.45, 2.75) is 25.7 Å². The summed E-state index contributed by atoms with van der Waals surface area (Å²) in [7, 11) is 0. The van der Waals surface area contributed by atoms with Crippen molar-refractivity contribution < 1.29 is 19.0 Å². The van der Waals surface area contributed by atoms with Gasteiger partial charge in [0.2, 0.25) is 0 Å². The topological polar surface area (TPSA) is 58.6 Å². The van der Waals surface area contributed by atoms with Crippen molar-refractivity contribution in [3.05, 3.63) is 28.5 Å². The SMILES string of the molecule is O=C(COc1ccc(Br)cc1F)NCCCCCCO. The third-order valence-corrected chi connectivity index (χ3v) is 3.15. The van der Waals surface area contributed by atoms with Crippen molar-refractivity contribution in [2.75, 3.05) is 19.8 Å². The molecule has 1 rings (SSSR count). The van der Waals surface area contributed by atoms with Gasteiger partial charge >= 0.3 is 0 Å². The molecule has 112 valence electrons. The van der Waals surface area contributed by atoms with Gasteiger partial charge in [0.15, 0.2) is 18.2 Å². The smallest absolute Gasteiger partial charge is 0.257 e. The van der Waals surface area contributed by atoms with Crippen molar-refractivity contribution >= 4 is 21.8 Å². The zero-order chi connectivity index (χ0) is 14.8. The first-order valence-corrected chi connectivity index (χ1v) is 7.38. The molecule has 0 heterocycles. The molecule has 1 amide bonds. The maximum Gasteiger partial charge on any atom is 0.257 e. The Morgan fingerprint density at radius 2 is 2.05 bits per heavy atom. The molecule has 2 N–H and O–H groups in total. The summed E-state index contributed by atoms with van der Waals surface area (Å²) in [6, 6.07) is 4.41. The molecule has 4 nitrogen and oxygen atoms in total. The van der Waals surface area contributed by atoms with Gasteiger partial charge in [-0.2, -0.15) is 0 Å². The molecule has 20 heavy (non-hydrogen) atoms.